The molecule has 66 valence electrons. The minimum atomic E-state index is 0.739. The zero-order chi connectivity index (χ0) is 8.97. The molecule has 4 nitrogen and oxygen atoms in total. The van der Waals surface area contributed by atoms with Gasteiger partial charge in [-0.15, -0.1) is 0 Å². The van der Waals surface area contributed by atoms with Gasteiger partial charge in [-0.1, -0.05) is 12.2 Å². The first-order valence-electron chi connectivity index (χ1n) is 3.88. The monoisotopic (exact) mass is 166 g/mol. The van der Waals surface area contributed by atoms with Crippen LogP contribution in [0.2, 0.25) is 0 Å². The molecule has 0 aliphatic heterocycles. The molecule has 0 saturated carbocycles. The summed E-state index contributed by atoms with van der Waals surface area (Å²) in [5.41, 5.74) is 1.12. The quantitative estimate of drug-likeness (QED) is 0.662. The number of rotatable bonds is 4. The van der Waals surface area contributed by atoms with Crippen molar-refractivity contribution in [1.82, 2.24) is 20.1 Å². The number of hydrogen-bond acceptors (Lipinski definition) is 3. The second kappa shape index (κ2) is 4.01. The van der Waals surface area contributed by atoms with Crippen LogP contribution < -0.4 is 5.32 Å². The Kier molecular flexibility index (Phi) is 2.99. The highest BCUT2D eigenvalue weighted by Gasteiger charge is 1.97. The maximum absolute atomic E-state index is 4.07. The molecular weight excluding hydrogens is 152 g/mol. The molecule has 1 N–H and O–H groups in total. The van der Waals surface area contributed by atoms with Crippen LogP contribution in [0.3, 0.4) is 0 Å². The summed E-state index contributed by atoms with van der Waals surface area (Å²) < 4.78 is 1.76. The molecule has 0 fully saturated rings. The maximum atomic E-state index is 4.07. The van der Waals surface area contributed by atoms with Gasteiger partial charge >= 0.3 is 0 Å². The largest absolute Gasteiger partial charge is 0.306 e. The second-order valence-corrected chi connectivity index (χ2v) is 2.86. The predicted octanol–water partition coefficient (Wildman–Crippen LogP) is 0.481. The highest BCUT2D eigenvalue weighted by Crippen LogP contribution is 1.90. The fourth-order valence-electron chi connectivity index (χ4n) is 0.868. The Labute approximate surface area is 72.3 Å². The average Bonchev–Trinajstić information content (AvgIpc) is 2.36. The lowest BCUT2D eigenvalue weighted by atomic mass is 10.3. The molecule has 1 rings (SSSR count). The van der Waals surface area contributed by atoms with Crippen LogP contribution in [0.15, 0.2) is 18.5 Å². The van der Waals surface area contributed by atoms with Crippen molar-refractivity contribution in [1.29, 1.82) is 0 Å². The molecule has 0 atom stereocenters. The van der Waals surface area contributed by atoms with E-state index in [1.807, 2.05) is 14.0 Å². The first-order chi connectivity index (χ1) is 5.70. The topological polar surface area (TPSA) is 42.7 Å². The van der Waals surface area contributed by atoms with Crippen molar-refractivity contribution in [2.24, 2.45) is 7.05 Å². The van der Waals surface area contributed by atoms with E-state index in [1.165, 1.54) is 0 Å². The van der Waals surface area contributed by atoms with Crippen LogP contribution in [0.5, 0.6) is 0 Å². The van der Waals surface area contributed by atoms with Crippen LogP contribution in [0, 0.1) is 0 Å². The van der Waals surface area contributed by atoms with E-state index in [-0.39, 0.29) is 0 Å². The molecule has 1 heterocycles. The fourth-order valence-corrected chi connectivity index (χ4v) is 0.868. The lowest BCUT2D eigenvalue weighted by molar-refractivity contribution is 0.636. The third-order valence-corrected chi connectivity index (χ3v) is 1.52. The Hall–Kier alpha value is -1.16. The zero-order valence-electron chi connectivity index (χ0n) is 7.54. The van der Waals surface area contributed by atoms with E-state index in [4.69, 9.17) is 0 Å². The van der Waals surface area contributed by atoms with E-state index in [0.29, 0.717) is 0 Å². The van der Waals surface area contributed by atoms with Gasteiger partial charge in [0.25, 0.3) is 0 Å². The standard InChI is InChI=1S/C8H14N4/c1-7(2)4-9-5-8-10-6-11-12(8)3/h6,9H,1,4-5H2,2-3H3. The molecule has 0 unspecified atom stereocenters. The Bertz CT molecular complexity index is 264. The van der Waals surface area contributed by atoms with Gasteiger partial charge in [-0.05, 0) is 6.92 Å². The minimum absolute atomic E-state index is 0.739. The number of hydrogen-bond donors (Lipinski definition) is 1. The molecule has 12 heavy (non-hydrogen) atoms. The molecule has 0 aliphatic rings. The van der Waals surface area contributed by atoms with Crippen LogP contribution in [0.4, 0.5) is 0 Å². The molecule has 4 heteroatoms. The van der Waals surface area contributed by atoms with Gasteiger partial charge in [-0.3, -0.25) is 4.68 Å². The van der Waals surface area contributed by atoms with Crippen LogP contribution in [-0.4, -0.2) is 21.3 Å². The van der Waals surface area contributed by atoms with Crippen LogP contribution in [0.1, 0.15) is 12.7 Å². The van der Waals surface area contributed by atoms with Gasteiger partial charge in [0, 0.05) is 13.6 Å². The molecule has 1 aromatic rings. The molecule has 0 radical (unpaired) electrons. The Balaban J connectivity index is 2.33. The van der Waals surface area contributed by atoms with Gasteiger partial charge in [0.1, 0.15) is 12.2 Å². The van der Waals surface area contributed by atoms with Gasteiger partial charge in [0.2, 0.25) is 0 Å². The van der Waals surface area contributed by atoms with Crippen LogP contribution in [0.25, 0.3) is 0 Å². The van der Waals surface area contributed by atoms with Crippen LogP contribution in [-0.2, 0) is 13.6 Å². The van der Waals surface area contributed by atoms with E-state index < -0.39 is 0 Å². The minimum Gasteiger partial charge on any atom is -0.306 e. The van der Waals surface area contributed by atoms with Crippen molar-refractivity contribution in [3.05, 3.63) is 24.3 Å². The van der Waals surface area contributed by atoms with E-state index >= 15 is 0 Å². The zero-order valence-corrected chi connectivity index (χ0v) is 7.54. The molecule has 0 aliphatic carbocycles. The van der Waals surface area contributed by atoms with Gasteiger partial charge in [0.15, 0.2) is 0 Å². The highest BCUT2D eigenvalue weighted by molar-refractivity contribution is 4.92. The third kappa shape index (κ3) is 2.47. The maximum Gasteiger partial charge on any atom is 0.140 e. The van der Waals surface area contributed by atoms with E-state index in [1.54, 1.807) is 11.0 Å². The SMILES string of the molecule is C=C(C)CNCc1ncnn1C. The molecule has 0 aromatic carbocycles. The summed E-state index contributed by atoms with van der Waals surface area (Å²) in [7, 11) is 1.88. The van der Waals surface area contributed by atoms with Crippen molar-refractivity contribution in [3.63, 3.8) is 0 Å². The Morgan fingerprint density at radius 2 is 2.50 bits per heavy atom. The Morgan fingerprint density at radius 1 is 1.75 bits per heavy atom. The first kappa shape index (κ1) is 8.93. The number of aromatic nitrogens is 3. The van der Waals surface area contributed by atoms with Crippen molar-refractivity contribution in [2.75, 3.05) is 6.54 Å². The number of aryl methyl sites for hydroxylation is 1. The predicted molar refractivity (Wildman–Crippen MR) is 47.5 cm³/mol. The molecule has 0 spiro atoms. The third-order valence-electron chi connectivity index (χ3n) is 1.52. The average molecular weight is 166 g/mol. The summed E-state index contributed by atoms with van der Waals surface area (Å²) in [4.78, 5) is 4.07. The van der Waals surface area contributed by atoms with Crippen molar-refractivity contribution in [3.8, 4) is 0 Å². The summed E-state index contributed by atoms with van der Waals surface area (Å²) in [5, 5.41) is 7.16. The first-order valence-corrected chi connectivity index (χ1v) is 3.88. The molecule has 0 saturated heterocycles. The summed E-state index contributed by atoms with van der Waals surface area (Å²) in [5.74, 6) is 0.941. The van der Waals surface area contributed by atoms with Crippen molar-refractivity contribution >= 4 is 0 Å². The van der Waals surface area contributed by atoms with Gasteiger partial charge < -0.3 is 5.32 Å². The van der Waals surface area contributed by atoms with Gasteiger partial charge in [0.05, 0.1) is 6.54 Å². The second-order valence-electron chi connectivity index (χ2n) is 2.86. The summed E-state index contributed by atoms with van der Waals surface area (Å²) in [6.07, 6.45) is 1.55. The summed E-state index contributed by atoms with van der Waals surface area (Å²) >= 11 is 0. The number of nitrogens with zero attached hydrogens (tertiary/aromatic N) is 3. The molecule has 0 amide bonds. The van der Waals surface area contributed by atoms with Gasteiger partial charge in [-0.25, -0.2) is 4.98 Å². The van der Waals surface area contributed by atoms with E-state index in [0.717, 1.165) is 24.5 Å². The lowest BCUT2D eigenvalue weighted by Gasteiger charge is -2.02. The highest BCUT2D eigenvalue weighted by atomic mass is 15.3. The summed E-state index contributed by atoms with van der Waals surface area (Å²) in [6, 6.07) is 0. The Morgan fingerprint density at radius 3 is 3.00 bits per heavy atom. The molecule has 0 bridgehead atoms. The molecular formula is C8H14N4. The summed E-state index contributed by atoms with van der Waals surface area (Å²) in [6.45, 7) is 7.35. The fraction of sp³-hybridized carbons (Fsp3) is 0.500. The van der Waals surface area contributed by atoms with E-state index in [2.05, 4.69) is 22.0 Å². The van der Waals surface area contributed by atoms with E-state index in [9.17, 15) is 0 Å². The molecule has 1 aromatic heterocycles. The lowest BCUT2D eigenvalue weighted by Crippen LogP contribution is -2.18. The van der Waals surface area contributed by atoms with Gasteiger partial charge in [-0.2, -0.15) is 5.10 Å². The normalized spacial score (nSPS) is 10.2. The van der Waals surface area contributed by atoms with Crippen molar-refractivity contribution < 1.29 is 0 Å². The smallest absolute Gasteiger partial charge is 0.140 e. The van der Waals surface area contributed by atoms with Crippen LogP contribution >= 0.6 is 0 Å². The number of nitrogens with one attached hydrogen (secondary N) is 1. The van der Waals surface area contributed by atoms with Crippen molar-refractivity contribution in [2.45, 2.75) is 13.5 Å².